The SMILES string of the molecule is O=C(c1ccc(Cl)cc1)N1CCC(O)(Cn2cnc3c(cc(Cl)n3-c3ccc(C4NC[C@@H]5CCC4O5)cc3)c2=O)CC1. The molecule has 0 spiro atoms. The molecule has 3 aliphatic rings. The number of fused-ring (bicyclic) bond motifs is 3. The third kappa shape index (κ3) is 5.03. The van der Waals surface area contributed by atoms with Crippen LogP contribution in [0.1, 0.15) is 47.6 Å². The first kappa shape index (κ1) is 27.6. The van der Waals surface area contributed by atoms with Crippen LogP contribution in [0.4, 0.5) is 0 Å². The molecule has 3 aliphatic heterocycles. The Bertz CT molecular complexity index is 1690. The van der Waals surface area contributed by atoms with Gasteiger partial charge in [0.2, 0.25) is 0 Å². The Morgan fingerprint density at radius 2 is 1.81 bits per heavy atom. The maximum absolute atomic E-state index is 13.5. The molecule has 11 heteroatoms. The summed E-state index contributed by atoms with van der Waals surface area (Å²) in [7, 11) is 0. The Morgan fingerprint density at radius 1 is 1.07 bits per heavy atom. The third-order valence-electron chi connectivity index (χ3n) is 8.87. The average molecular weight is 609 g/mol. The summed E-state index contributed by atoms with van der Waals surface area (Å²) in [5.74, 6) is -0.103. The van der Waals surface area contributed by atoms with Crippen LogP contribution in [0.3, 0.4) is 0 Å². The lowest BCUT2D eigenvalue weighted by Gasteiger charge is -2.38. The van der Waals surface area contributed by atoms with E-state index in [1.165, 1.54) is 10.9 Å². The lowest BCUT2D eigenvalue weighted by Crippen LogP contribution is -2.49. The molecule has 4 aromatic rings. The molecule has 2 bridgehead atoms. The van der Waals surface area contributed by atoms with Crippen LogP contribution in [0.25, 0.3) is 16.7 Å². The van der Waals surface area contributed by atoms with Crippen molar-refractivity contribution in [2.75, 3.05) is 19.6 Å². The number of aliphatic hydroxyl groups is 1. The number of aromatic nitrogens is 3. The fourth-order valence-corrected chi connectivity index (χ4v) is 6.92. The summed E-state index contributed by atoms with van der Waals surface area (Å²) < 4.78 is 9.29. The minimum atomic E-state index is -1.14. The van der Waals surface area contributed by atoms with Gasteiger partial charge in [0, 0.05) is 35.9 Å². The zero-order valence-corrected chi connectivity index (χ0v) is 24.4. The number of piperidine rings is 1. The van der Waals surface area contributed by atoms with Crippen LogP contribution in [0, 0.1) is 0 Å². The van der Waals surface area contributed by atoms with Crippen molar-refractivity contribution in [2.45, 2.75) is 56.1 Å². The molecule has 5 heterocycles. The van der Waals surface area contributed by atoms with Crippen molar-refractivity contribution in [3.8, 4) is 5.69 Å². The zero-order valence-electron chi connectivity index (χ0n) is 22.9. The minimum absolute atomic E-state index is 0.0771. The number of halogens is 2. The number of hydrogen-bond acceptors (Lipinski definition) is 6. The fraction of sp³-hybridized carbons (Fsp3) is 0.387. The van der Waals surface area contributed by atoms with Crippen molar-refractivity contribution in [1.82, 2.24) is 24.3 Å². The molecule has 2 unspecified atom stereocenters. The van der Waals surface area contributed by atoms with Gasteiger partial charge >= 0.3 is 0 Å². The van der Waals surface area contributed by atoms with Gasteiger partial charge in [0.25, 0.3) is 11.5 Å². The van der Waals surface area contributed by atoms with Crippen molar-refractivity contribution in [3.63, 3.8) is 0 Å². The number of rotatable bonds is 5. The molecule has 3 atom stereocenters. The van der Waals surface area contributed by atoms with Crippen molar-refractivity contribution in [3.05, 3.63) is 92.6 Å². The molecule has 42 heavy (non-hydrogen) atoms. The summed E-state index contributed by atoms with van der Waals surface area (Å²) in [5, 5.41) is 16.3. The highest BCUT2D eigenvalue weighted by molar-refractivity contribution is 6.31. The number of ether oxygens (including phenoxy) is 1. The van der Waals surface area contributed by atoms with E-state index in [-0.39, 0.29) is 30.2 Å². The third-order valence-corrected chi connectivity index (χ3v) is 9.40. The Kier molecular flexibility index (Phi) is 7.11. The molecule has 2 aromatic heterocycles. The van der Waals surface area contributed by atoms with E-state index in [1.54, 1.807) is 39.8 Å². The number of nitrogens with one attached hydrogen (secondary N) is 1. The quantitative estimate of drug-likeness (QED) is 0.350. The Balaban J connectivity index is 1.07. The van der Waals surface area contributed by atoms with Crippen LogP contribution in [0.2, 0.25) is 10.2 Å². The summed E-state index contributed by atoms with van der Waals surface area (Å²) in [4.78, 5) is 32.7. The van der Waals surface area contributed by atoms with E-state index in [1.807, 2.05) is 12.1 Å². The molecule has 0 saturated carbocycles. The predicted molar refractivity (Wildman–Crippen MR) is 161 cm³/mol. The van der Waals surface area contributed by atoms with Crippen molar-refractivity contribution < 1.29 is 14.6 Å². The van der Waals surface area contributed by atoms with E-state index in [4.69, 9.17) is 27.9 Å². The summed E-state index contributed by atoms with van der Waals surface area (Å²) in [6, 6.07) is 16.7. The van der Waals surface area contributed by atoms with Gasteiger partial charge in [0.1, 0.15) is 11.5 Å². The van der Waals surface area contributed by atoms with Gasteiger partial charge in [-0.2, -0.15) is 0 Å². The van der Waals surface area contributed by atoms with E-state index in [0.717, 1.165) is 30.6 Å². The van der Waals surface area contributed by atoms with Crippen LogP contribution < -0.4 is 10.9 Å². The molecule has 0 aliphatic carbocycles. The summed E-state index contributed by atoms with van der Waals surface area (Å²) >= 11 is 12.6. The topological polar surface area (TPSA) is 102 Å². The fourth-order valence-electron chi connectivity index (χ4n) is 6.50. The number of carbonyl (C=O) groups excluding carboxylic acids is 1. The molecular formula is C31H31Cl2N5O4. The summed E-state index contributed by atoms with van der Waals surface area (Å²) in [6.45, 7) is 1.70. The molecule has 9 nitrogen and oxygen atoms in total. The maximum Gasteiger partial charge on any atom is 0.262 e. The Morgan fingerprint density at radius 3 is 2.55 bits per heavy atom. The number of nitrogens with zero attached hydrogens (tertiary/aromatic N) is 4. The second-order valence-corrected chi connectivity index (χ2v) is 12.4. The molecular weight excluding hydrogens is 577 g/mol. The van der Waals surface area contributed by atoms with Gasteiger partial charge in [-0.05, 0) is 73.7 Å². The smallest absolute Gasteiger partial charge is 0.262 e. The molecule has 1 amide bonds. The van der Waals surface area contributed by atoms with E-state index in [9.17, 15) is 14.7 Å². The van der Waals surface area contributed by atoms with Gasteiger partial charge in [0.05, 0.1) is 35.8 Å². The first-order chi connectivity index (χ1) is 20.3. The van der Waals surface area contributed by atoms with Crippen molar-refractivity contribution >= 4 is 40.1 Å². The lowest BCUT2D eigenvalue weighted by molar-refractivity contribution is -0.0299. The standard InChI is InChI=1S/C31H31Cl2N5O4/c32-21-5-1-20(2-6-21)29(39)36-13-11-31(41,12-14-36)17-37-18-35-28-24(30(37)40)15-26(33)38(28)22-7-3-19(4-8-22)27-25-10-9-23(42-25)16-34-27/h1-8,15,18,23,25,27,34,41H,9-14,16-17H2/t23-,25?,27?/m0/s1. The van der Waals surface area contributed by atoms with Crippen molar-refractivity contribution in [1.29, 1.82) is 0 Å². The van der Waals surface area contributed by atoms with E-state index >= 15 is 0 Å². The Labute approximate surface area is 252 Å². The van der Waals surface area contributed by atoms with E-state index < -0.39 is 5.60 Å². The molecule has 3 fully saturated rings. The maximum atomic E-state index is 13.5. The van der Waals surface area contributed by atoms with Gasteiger partial charge < -0.3 is 20.1 Å². The van der Waals surface area contributed by atoms with Crippen LogP contribution in [0.15, 0.2) is 65.7 Å². The van der Waals surface area contributed by atoms with Gasteiger partial charge in [-0.15, -0.1) is 0 Å². The number of amides is 1. The number of carbonyl (C=O) groups is 1. The number of hydrogen-bond donors (Lipinski definition) is 2. The lowest BCUT2D eigenvalue weighted by atomic mass is 9.91. The van der Waals surface area contributed by atoms with E-state index in [2.05, 4.69) is 22.4 Å². The largest absolute Gasteiger partial charge is 0.388 e. The highest BCUT2D eigenvalue weighted by atomic mass is 35.5. The van der Waals surface area contributed by atoms with Crippen LogP contribution >= 0.6 is 23.2 Å². The summed E-state index contributed by atoms with van der Waals surface area (Å²) in [5.41, 5.74) is 1.56. The van der Waals surface area contributed by atoms with Gasteiger partial charge in [-0.25, -0.2) is 4.98 Å². The molecule has 2 N–H and O–H groups in total. The second-order valence-electron chi connectivity index (χ2n) is 11.6. The monoisotopic (exact) mass is 607 g/mol. The zero-order chi connectivity index (χ0) is 29.0. The van der Waals surface area contributed by atoms with Crippen molar-refractivity contribution in [2.24, 2.45) is 0 Å². The van der Waals surface area contributed by atoms with Gasteiger partial charge in [0.15, 0.2) is 5.65 Å². The summed E-state index contributed by atoms with van der Waals surface area (Å²) in [6.07, 6.45) is 4.82. The number of likely N-dealkylation sites (tertiary alicyclic amines) is 1. The normalized spacial score (nSPS) is 23.4. The number of benzene rings is 2. The van der Waals surface area contributed by atoms with Crippen LogP contribution in [-0.2, 0) is 11.3 Å². The van der Waals surface area contributed by atoms with Crippen LogP contribution in [0.5, 0.6) is 0 Å². The second kappa shape index (κ2) is 10.8. The highest BCUT2D eigenvalue weighted by Crippen LogP contribution is 2.35. The first-order valence-electron chi connectivity index (χ1n) is 14.3. The predicted octanol–water partition coefficient (Wildman–Crippen LogP) is 4.35. The first-order valence-corrected chi connectivity index (χ1v) is 15.1. The van der Waals surface area contributed by atoms with Gasteiger partial charge in [-0.1, -0.05) is 35.3 Å². The molecule has 7 rings (SSSR count). The molecule has 2 aromatic carbocycles. The van der Waals surface area contributed by atoms with Crippen LogP contribution in [-0.4, -0.2) is 67.5 Å². The molecule has 218 valence electrons. The minimum Gasteiger partial charge on any atom is -0.388 e. The average Bonchev–Trinajstić information content (AvgIpc) is 3.54. The van der Waals surface area contributed by atoms with E-state index in [0.29, 0.717) is 58.8 Å². The number of morpholine rings is 1. The Hall–Kier alpha value is -3.21. The molecule has 3 saturated heterocycles. The highest BCUT2D eigenvalue weighted by Gasteiger charge is 2.37. The van der Waals surface area contributed by atoms with Gasteiger partial charge in [-0.3, -0.25) is 18.7 Å². The molecule has 0 radical (unpaired) electrons.